The van der Waals surface area contributed by atoms with Crippen LogP contribution in [0.5, 0.6) is 0 Å². The lowest BCUT2D eigenvalue weighted by Crippen LogP contribution is -1.98. The highest BCUT2D eigenvalue weighted by atomic mass is 16.5. The van der Waals surface area contributed by atoms with Crippen LogP contribution in [0, 0.1) is 11.3 Å². The third-order valence-corrected chi connectivity index (χ3v) is 2.70. The lowest BCUT2D eigenvalue weighted by molar-refractivity contribution is -0.136. The van der Waals surface area contributed by atoms with Gasteiger partial charge in [0.25, 0.3) is 0 Å². The first-order valence-corrected chi connectivity index (χ1v) is 8.06. The smallest absolute Gasteiger partial charge is 0.332 e. The molecule has 3 heteroatoms. The van der Waals surface area contributed by atoms with Gasteiger partial charge in [-0.05, 0) is 18.1 Å². The number of carbonyl (C=O) groups excluding carboxylic acids is 1. The lowest BCUT2D eigenvalue weighted by atomic mass is 10.2. The number of ether oxygens (including phenoxy) is 1. The summed E-state index contributed by atoms with van der Waals surface area (Å²) in [4.78, 5) is 10.2. The predicted molar refractivity (Wildman–Crippen MR) is 116 cm³/mol. The zero-order valence-electron chi connectivity index (χ0n) is 16.1. The monoisotopic (exact) mass is 361 g/mol. The van der Waals surface area contributed by atoms with Crippen LogP contribution in [0.25, 0.3) is 12.2 Å². The van der Waals surface area contributed by atoms with Gasteiger partial charge in [0, 0.05) is 11.6 Å². The first-order chi connectivity index (χ1) is 13.0. The molecule has 0 atom stereocenters. The maximum absolute atomic E-state index is 10.2. The van der Waals surface area contributed by atoms with E-state index in [0.717, 1.165) is 0 Å². The van der Waals surface area contributed by atoms with Crippen LogP contribution in [0.1, 0.15) is 18.1 Å². The van der Waals surface area contributed by atoms with Gasteiger partial charge < -0.3 is 4.74 Å². The first kappa shape index (κ1) is 25.6. The minimum atomic E-state index is -0.347. The standard InChI is InChI=1S/2C8H8.C5H8O2.C3H3N/c2*1-2-8-6-4-3-5-7-8;1-4(2)5(6)7-3;1-2-3-4/h2*2-7H,1H2;1H2,2-3H3;2H,1H2. The van der Waals surface area contributed by atoms with Crippen molar-refractivity contribution in [3.05, 3.63) is 110 Å². The van der Waals surface area contributed by atoms with E-state index < -0.39 is 0 Å². The molecule has 0 radical (unpaired) electrons. The van der Waals surface area contributed by atoms with Crippen molar-refractivity contribution in [2.45, 2.75) is 6.92 Å². The van der Waals surface area contributed by atoms with E-state index in [9.17, 15) is 4.79 Å². The fourth-order valence-corrected chi connectivity index (χ4v) is 1.35. The van der Waals surface area contributed by atoms with E-state index in [1.807, 2.05) is 72.8 Å². The van der Waals surface area contributed by atoms with E-state index in [0.29, 0.717) is 5.57 Å². The molecule has 0 fully saturated rings. The van der Waals surface area contributed by atoms with Gasteiger partial charge in [-0.2, -0.15) is 5.26 Å². The molecule has 2 aromatic carbocycles. The quantitative estimate of drug-likeness (QED) is 0.377. The molecular formula is C24H27NO2. The van der Waals surface area contributed by atoms with Gasteiger partial charge >= 0.3 is 5.97 Å². The Balaban J connectivity index is 0. The van der Waals surface area contributed by atoms with Crippen molar-refractivity contribution >= 4 is 18.1 Å². The third-order valence-electron chi connectivity index (χ3n) is 2.70. The van der Waals surface area contributed by atoms with Gasteiger partial charge in [-0.15, -0.1) is 0 Å². The molecule has 0 unspecified atom stereocenters. The number of hydrogen-bond donors (Lipinski definition) is 0. The molecule has 0 spiro atoms. The molecule has 0 saturated carbocycles. The summed E-state index contributed by atoms with van der Waals surface area (Å²) in [6.07, 6.45) is 4.85. The Kier molecular flexibility index (Phi) is 17.7. The Morgan fingerprint density at radius 2 is 1.26 bits per heavy atom. The van der Waals surface area contributed by atoms with Gasteiger partial charge in [0.2, 0.25) is 0 Å². The molecule has 0 N–H and O–H groups in total. The molecular weight excluding hydrogens is 334 g/mol. The summed E-state index contributed by atoms with van der Waals surface area (Å²) >= 11 is 0. The Labute approximate surface area is 163 Å². The largest absolute Gasteiger partial charge is 0.466 e. The Hall–Kier alpha value is -3.64. The number of hydrogen-bond acceptors (Lipinski definition) is 3. The molecule has 0 saturated heterocycles. The van der Waals surface area contributed by atoms with Gasteiger partial charge in [-0.3, -0.25) is 0 Å². The number of nitrogens with zero attached hydrogens (tertiary/aromatic N) is 1. The topological polar surface area (TPSA) is 50.1 Å². The lowest BCUT2D eigenvalue weighted by Gasteiger charge is -1.91. The number of methoxy groups -OCH3 is 1. The van der Waals surface area contributed by atoms with E-state index in [1.165, 1.54) is 24.3 Å². The highest BCUT2D eigenvalue weighted by molar-refractivity contribution is 5.86. The average molecular weight is 361 g/mol. The molecule has 140 valence electrons. The molecule has 0 aromatic heterocycles. The predicted octanol–water partition coefficient (Wildman–Crippen LogP) is 6.09. The highest BCUT2D eigenvalue weighted by Gasteiger charge is 1.95. The zero-order valence-corrected chi connectivity index (χ0v) is 16.1. The Morgan fingerprint density at radius 1 is 0.926 bits per heavy atom. The van der Waals surface area contributed by atoms with Crippen LogP contribution in [-0.4, -0.2) is 13.1 Å². The Morgan fingerprint density at radius 3 is 1.37 bits per heavy atom. The molecule has 0 aliphatic carbocycles. The summed E-state index contributed by atoms with van der Waals surface area (Å²) in [6, 6.07) is 21.8. The summed E-state index contributed by atoms with van der Waals surface area (Å²) < 4.78 is 4.27. The van der Waals surface area contributed by atoms with Crippen LogP contribution >= 0.6 is 0 Å². The van der Waals surface area contributed by atoms with E-state index in [2.05, 4.69) is 31.1 Å². The minimum absolute atomic E-state index is 0.347. The fraction of sp³-hybridized carbons (Fsp3) is 0.0833. The van der Waals surface area contributed by atoms with Crippen molar-refractivity contribution in [3.8, 4) is 6.07 Å². The zero-order chi connectivity index (χ0) is 20.9. The van der Waals surface area contributed by atoms with Crippen LogP contribution in [0.2, 0.25) is 0 Å². The van der Waals surface area contributed by atoms with Crippen molar-refractivity contribution in [2.75, 3.05) is 7.11 Å². The molecule has 0 heterocycles. The highest BCUT2D eigenvalue weighted by Crippen LogP contribution is 1.98. The second kappa shape index (κ2) is 18.7. The maximum atomic E-state index is 10.2. The summed E-state index contributed by atoms with van der Waals surface area (Å²) in [7, 11) is 1.33. The van der Waals surface area contributed by atoms with E-state index >= 15 is 0 Å². The summed E-state index contributed by atoms with van der Waals surface area (Å²) in [5, 5.41) is 7.51. The molecule has 0 amide bonds. The van der Waals surface area contributed by atoms with Gasteiger partial charge in [0.05, 0.1) is 13.2 Å². The molecule has 2 rings (SSSR count). The second-order valence-electron chi connectivity index (χ2n) is 4.83. The summed E-state index contributed by atoms with van der Waals surface area (Å²) in [5.74, 6) is -0.347. The molecule has 27 heavy (non-hydrogen) atoms. The second-order valence-corrected chi connectivity index (χ2v) is 4.83. The van der Waals surface area contributed by atoms with Gasteiger partial charge in [-0.25, -0.2) is 4.79 Å². The SMILES string of the molecule is C=C(C)C(=O)OC.C=CC#N.C=Cc1ccccc1.C=Cc1ccccc1. The molecule has 2 aromatic rings. The first-order valence-electron chi connectivity index (χ1n) is 8.06. The third kappa shape index (κ3) is 17.0. The fourth-order valence-electron chi connectivity index (χ4n) is 1.35. The van der Waals surface area contributed by atoms with E-state index in [4.69, 9.17) is 5.26 Å². The number of rotatable bonds is 3. The molecule has 0 aliphatic rings. The minimum Gasteiger partial charge on any atom is -0.466 e. The van der Waals surface area contributed by atoms with Crippen molar-refractivity contribution in [1.82, 2.24) is 0 Å². The van der Waals surface area contributed by atoms with Crippen molar-refractivity contribution in [1.29, 1.82) is 5.26 Å². The Bertz CT molecular complexity index is 682. The maximum Gasteiger partial charge on any atom is 0.332 e. The van der Waals surface area contributed by atoms with Crippen molar-refractivity contribution < 1.29 is 9.53 Å². The van der Waals surface area contributed by atoms with Gasteiger partial charge in [-0.1, -0.05) is 99.1 Å². The average Bonchev–Trinajstić information content (AvgIpc) is 2.75. The van der Waals surface area contributed by atoms with Gasteiger partial charge in [0.15, 0.2) is 0 Å². The summed E-state index contributed by atoms with van der Waals surface area (Å²) in [5.41, 5.74) is 2.78. The van der Waals surface area contributed by atoms with Crippen LogP contribution in [0.15, 0.2) is 98.6 Å². The number of carbonyl (C=O) groups is 1. The number of benzene rings is 2. The van der Waals surface area contributed by atoms with Crippen molar-refractivity contribution in [2.24, 2.45) is 0 Å². The van der Waals surface area contributed by atoms with Crippen LogP contribution < -0.4 is 0 Å². The molecule has 0 bridgehead atoms. The normalized spacial score (nSPS) is 7.59. The van der Waals surface area contributed by atoms with Crippen LogP contribution in [-0.2, 0) is 9.53 Å². The number of esters is 1. The van der Waals surface area contributed by atoms with Gasteiger partial charge in [0.1, 0.15) is 0 Å². The van der Waals surface area contributed by atoms with Crippen LogP contribution in [0.4, 0.5) is 0 Å². The van der Waals surface area contributed by atoms with Crippen LogP contribution in [0.3, 0.4) is 0 Å². The number of nitriles is 1. The van der Waals surface area contributed by atoms with E-state index in [1.54, 1.807) is 13.0 Å². The summed E-state index contributed by atoms with van der Waals surface area (Å²) in [6.45, 7) is 15.3. The molecule has 0 aliphatic heterocycles. The van der Waals surface area contributed by atoms with Crippen molar-refractivity contribution in [3.63, 3.8) is 0 Å². The van der Waals surface area contributed by atoms with E-state index in [-0.39, 0.29) is 5.97 Å². The number of allylic oxidation sites excluding steroid dienone is 1. The molecule has 3 nitrogen and oxygen atoms in total.